The first-order valence-electron chi connectivity index (χ1n) is 7.65. The fraction of sp³-hybridized carbons (Fsp3) is 0.733. The van der Waals surface area contributed by atoms with Crippen LogP contribution in [-0.2, 0) is 12.3 Å². The lowest BCUT2D eigenvalue weighted by molar-refractivity contribution is 0.117. The Morgan fingerprint density at radius 2 is 1.91 bits per heavy atom. The molecule has 1 aromatic heterocycles. The number of alkyl halides is 2. The molecular weight excluding hydrogens is 308 g/mol. The van der Waals surface area contributed by atoms with Crippen LogP contribution in [0.25, 0.3) is 0 Å². The SMILES string of the molecule is CC(CNCc1ccc(CSC(F)F)o1)N1CCN(C)CC1. The number of halogens is 2. The number of nitrogens with zero attached hydrogens (tertiary/aromatic N) is 2. The van der Waals surface area contributed by atoms with Crippen LogP contribution >= 0.6 is 11.8 Å². The van der Waals surface area contributed by atoms with Gasteiger partial charge in [-0.3, -0.25) is 4.90 Å². The van der Waals surface area contributed by atoms with Gasteiger partial charge in [0.1, 0.15) is 11.5 Å². The molecule has 0 amide bonds. The van der Waals surface area contributed by atoms with Gasteiger partial charge in [0.05, 0.1) is 12.3 Å². The zero-order valence-corrected chi connectivity index (χ0v) is 14.0. The fourth-order valence-corrected chi connectivity index (χ4v) is 2.98. The molecular formula is C15H25F2N3OS. The first kappa shape index (κ1) is 17.7. The van der Waals surface area contributed by atoms with E-state index in [1.807, 2.05) is 6.07 Å². The van der Waals surface area contributed by atoms with Gasteiger partial charge in [0, 0.05) is 38.8 Å². The highest BCUT2D eigenvalue weighted by Gasteiger charge is 2.18. The van der Waals surface area contributed by atoms with Crippen LogP contribution in [0.15, 0.2) is 16.5 Å². The Bertz CT molecular complexity index is 436. The summed E-state index contributed by atoms with van der Waals surface area (Å²) in [6.07, 6.45) is 0. The zero-order chi connectivity index (χ0) is 15.9. The Morgan fingerprint density at radius 3 is 2.59 bits per heavy atom. The highest BCUT2D eigenvalue weighted by atomic mass is 32.2. The maximum absolute atomic E-state index is 12.1. The summed E-state index contributed by atoms with van der Waals surface area (Å²) in [5.74, 6) is -0.726. The molecule has 0 spiro atoms. The van der Waals surface area contributed by atoms with Gasteiger partial charge in [-0.2, -0.15) is 8.78 Å². The van der Waals surface area contributed by atoms with Gasteiger partial charge in [-0.05, 0) is 26.1 Å². The minimum atomic E-state index is -2.35. The van der Waals surface area contributed by atoms with E-state index in [-0.39, 0.29) is 5.75 Å². The number of piperazine rings is 1. The van der Waals surface area contributed by atoms with Crippen LogP contribution in [0.2, 0.25) is 0 Å². The molecule has 1 unspecified atom stereocenters. The van der Waals surface area contributed by atoms with Crippen molar-refractivity contribution >= 4 is 11.8 Å². The summed E-state index contributed by atoms with van der Waals surface area (Å²) in [6, 6.07) is 4.11. The number of hydrogen-bond donors (Lipinski definition) is 1. The Morgan fingerprint density at radius 1 is 1.23 bits per heavy atom. The molecule has 1 N–H and O–H groups in total. The van der Waals surface area contributed by atoms with E-state index >= 15 is 0 Å². The summed E-state index contributed by atoms with van der Waals surface area (Å²) >= 11 is 0.587. The molecule has 1 fully saturated rings. The van der Waals surface area contributed by atoms with E-state index in [1.54, 1.807) is 6.07 Å². The smallest absolute Gasteiger partial charge is 0.284 e. The predicted molar refractivity (Wildman–Crippen MR) is 86.2 cm³/mol. The third-order valence-corrected chi connectivity index (χ3v) is 4.67. The zero-order valence-electron chi connectivity index (χ0n) is 13.2. The lowest BCUT2D eigenvalue weighted by Gasteiger charge is -2.36. The van der Waals surface area contributed by atoms with Crippen LogP contribution < -0.4 is 5.32 Å². The molecule has 1 saturated heterocycles. The molecule has 1 aromatic rings. The Hall–Kier alpha value is -0.630. The summed E-state index contributed by atoms with van der Waals surface area (Å²) in [6.45, 7) is 8.21. The van der Waals surface area contributed by atoms with Crippen LogP contribution in [0, 0.1) is 0 Å². The molecule has 126 valence electrons. The van der Waals surface area contributed by atoms with Gasteiger partial charge in [-0.1, -0.05) is 11.8 Å². The number of furan rings is 1. The molecule has 0 bridgehead atoms. The van der Waals surface area contributed by atoms with E-state index in [0.717, 1.165) is 38.5 Å². The van der Waals surface area contributed by atoms with Crippen molar-refractivity contribution in [3.8, 4) is 0 Å². The van der Waals surface area contributed by atoms with Gasteiger partial charge in [-0.25, -0.2) is 0 Å². The van der Waals surface area contributed by atoms with Crippen molar-refractivity contribution in [2.75, 3.05) is 39.8 Å². The summed E-state index contributed by atoms with van der Waals surface area (Å²) in [5.41, 5.74) is 0. The number of thioether (sulfide) groups is 1. The second-order valence-electron chi connectivity index (χ2n) is 5.76. The highest BCUT2D eigenvalue weighted by molar-refractivity contribution is 7.98. The quantitative estimate of drug-likeness (QED) is 0.790. The average Bonchev–Trinajstić information content (AvgIpc) is 2.93. The molecule has 1 atom stereocenters. The number of rotatable bonds is 8. The molecule has 22 heavy (non-hydrogen) atoms. The van der Waals surface area contributed by atoms with Crippen LogP contribution in [-0.4, -0.2) is 61.4 Å². The lowest BCUT2D eigenvalue weighted by Crippen LogP contribution is -2.50. The number of hydrogen-bond acceptors (Lipinski definition) is 5. The van der Waals surface area contributed by atoms with Gasteiger partial charge < -0.3 is 14.6 Å². The largest absolute Gasteiger partial charge is 0.464 e. The van der Waals surface area contributed by atoms with Gasteiger partial charge in [0.15, 0.2) is 0 Å². The Balaban J connectivity index is 1.65. The maximum atomic E-state index is 12.1. The Kier molecular flexibility index (Phi) is 7.14. The van der Waals surface area contributed by atoms with Crippen molar-refractivity contribution < 1.29 is 13.2 Å². The standard InChI is InChI=1S/C15H25F2N3OS/c1-12(20-7-5-19(2)6-8-20)9-18-10-13-3-4-14(21-13)11-22-15(16)17/h3-4,12,15,18H,5-11H2,1-2H3. The monoisotopic (exact) mass is 333 g/mol. The second-order valence-corrected chi connectivity index (χ2v) is 6.74. The second kappa shape index (κ2) is 8.86. The van der Waals surface area contributed by atoms with E-state index < -0.39 is 5.76 Å². The summed E-state index contributed by atoms with van der Waals surface area (Å²) < 4.78 is 29.8. The predicted octanol–water partition coefficient (Wildman–Crippen LogP) is 2.46. The topological polar surface area (TPSA) is 31.7 Å². The normalized spacial score (nSPS) is 19.0. The molecule has 4 nitrogen and oxygen atoms in total. The van der Waals surface area contributed by atoms with E-state index in [9.17, 15) is 8.78 Å². The van der Waals surface area contributed by atoms with Gasteiger partial charge in [0.25, 0.3) is 5.76 Å². The van der Waals surface area contributed by atoms with Crippen molar-refractivity contribution in [2.24, 2.45) is 0 Å². The third kappa shape index (κ3) is 5.87. The molecule has 2 rings (SSSR count). The fourth-order valence-electron chi connectivity index (χ4n) is 2.54. The maximum Gasteiger partial charge on any atom is 0.284 e. The molecule has 7 heteroatoms. The van der Waals surface area contributed by atoms with Crippen molar-refractivity contribution in [1.82, 2.24) is 15.1 Å². The van der Waals surface area contributed by atoms with Crippen LogP contribution in [0.3, 0.4) is 0 Å². The lowest BCUT2D eigenvalue weighted by atomic mass is 10.2. The molecule has 1 aliphatic rings. The Labute approximate surface area is 135 Å². The van der Waals surface area contributed by atoms with Crippen LogP contribution in [0.1, 0.15) is 18.4 Å². The first-order chi connectivity index (χ1) is 10.5. The molecule has 0 saturated carbocycles. The summed E-state index contributed by atoms with van der Waals surface area (Å²) in [5, 5.41) is 3.38. The van der Waals surface area contributed by atoms with Crippen molar-refractivity contribution in [3.05, 3.63) is 23.7 Å². The number of nitrogens with one attached hydrogen (secondary N) is 1. The average molecular weight is 333 g/mol. The molecule has 0 aliphatic carbocycles. The van der Waals surface area contributed by atoms with Crippen molar-refractivity contribution in [2.45, 2.75) is 31.0 Å². The minimum Gasteiger partial charge on any atom is -0.464 e. The molecule has 0 aromatic carbocycles. The minimum absolute atomic E-state index is 0.218. The summed E-state index contributed by atoms with van der Waals surface area (Å²) in [7, 11) is 2.15. The van der Waals surface area contributed by atoms with Crippen molar-refractivity contribution in [1.29, 1.82) is 0 Å². The molecule has 2 heterocycles. The van der Waals surface area contributed by atoms with Crippen LogP contribution in [0.4, 0.5) is 8.78 Å². The van der Waals surface area contributed by atoms with Crippen molar-refractivity contribution in [3.63, 3.8) is 0 Å². The number of likely N-dealkylation sites (N-methyl/N-ethyl adjacent to an activating group) is 1. The van der Waals surface area contributed by atoms with E-state index in [0.29, 0.717) is 30.1 Å². The third-order valence-electron chi connectivity index (χ3n) is 3.97. The van der Waals surface area contributed by atoms with E-state index in [2.05, 4.69) is 29.1 Å². The summed E-state index contributed by atoms with van der Waals surface area (Å²) in [4.78, 5) is 4.83. The first-order valence-corrected chi connectivity index (χ1v) is 8.70. The van der Waals surface area contributed by atoms with Gasteiger partial charge >= 0.3 is 0 Å². The van der Waals surface area contributed by atoms with Crippen LogP contribution in [0.5, 0.6) is 0 Å². The molecule has 1 aliphatic heterocycles. The van der Waals surface area contributed by atoms with E-state index in [4.69, 9.17) is 4.42 Å². The molecule has 0 radical (unpaired) electrons. The van der Waals surface area contributed by atoms with E-state index in [1.165, 1.54) is 0 Å². The highest BCUT2D eigenvalue weighted by Crippen LogP contribution is 2.21. The van der Waals surface area contributed by atoms with Gasteiger partial charge in [0.2, 0.25) is 0 Å². The van der Waals surface area contributed by atoms with Gasteiger partial charge in [-0.15, -0.1) is 0 Å².